The molecule has 0 saturated heterocycles. The summed E-state index contributed by atoms with van der Waals surface area (Å²) in [5.74, 6) is 0.945. The van der Waals surface area contributed by atoms with Crippen molar-refractivity contribution in [3.63, 3.8) is 0 Å². The number of carbonyl (C=O) groups is 1. The molecule has 24 heavy (non-hydrogen) atoms. The first kappa shape index (κ1) is 20.4. The second kappa shape index (κ2) is 9.64. The minimum Gasteiger partial charge on any atom is -0.496 e. The van der Waals surface area contributed by atoms with Gasteiger partial charge in [-0.05, 0) is 18.4 Å². The predicted molar refractivity (Wildman–Crippen MR) is 95.3 cm³/mol. The molecule has 1 N–H and O–H groups in total. The van der Waals surface area contributed by atoms with E-state index in [2.05, 4.69) is 5.32 Å². The molecule has 0 radical (unpaired) electrons. The van der Waals surface area contributed by atoms with Gasteiger partial charge < -0.3 is 10.1 Å². The molecule has 136 valence electrons. The zero-order valence-electron chi connectivity index (χ0n) is 14.9. The van der Waals surface area contributed by atoms with Gasteiger partial charge in [0.2, 0.25) is 15.9 Å². The number of methoxy groups -OCH3 is 1. The molecule has 0 aliphatic rings. The minimum atomic E-state index is -3.30. The first-order valence-electron chi connectivity index (χ1n) is 8.07. The molecule has 0 unspecified atom stereocenters. The van der Waals surface area contributed by atoms with Gasteiger partial charge in [0.25, 0.3) is 0 Å². The Labute approximate surface area is 145 Å². The van der Waals surface area contributed by atoms with Crippen molar-refractivity contribution in [1.82, 2.24) is 9.62 Å². The Bertz CT molecular complexity index is 629. The van der Waals surface area contributed by atoms with Crippen LogP contribution in [0.15, 0.2) is 24.3 Å². The van der Waals surface area contributed by atoms with Gasteiger partial charge >= 0.3 is 0 Å². The lowest BCUT2D eigenvalue weighted by molar-refractivity contribution is -0.121. The number of nitrogens with zero attached hydrogens (tertiary/aromatic N) is 1. The van der Waals surface area contributed by atoms with Gasteiger partial charge in [0.1, 0.15) is 5.75 Å². The summed E-state index contributed by atoms with van der Waals surface area (Å²) >= 11 is 0. The van der Waals surface area contributed by atoms with Gasteiger partial charge in [0, 0.05) is 31.6 Å². The molecule has 0 saturated carbocycles. The number of carbonyl (C=O) groups excluding carboxylic acids is 1. The lowest BCUT2D eigenvalue weighted by atomic mass is 10.1. The first-order valence-corrected chi connectivity index (χ1v) is 9.92. The fraction of sp³-hybridized carbons (Fsp3) is 0.588. The van der Waals surface area contributed by atoms with E-state index in [-0.39, 0.29) is 18.9 Å². The Morgan fingerprint density at radius 3 is 2.50 bits per heavy atom. The van der Waals surface area contributed by atoms with Crippen LogP contribution in [0, 0.1) is 5.92 Å². The van der Waals surface area contributed by atoms with E-state index in [0.29, 0.717) is 24.8 Å². The average molecular weight is 356 g/mol. The summed E-state index contributed by atoms with van der Waals surface area (Å²) in [6, 6.07) is 7.45. The zero-order valence-corrected chi connectivity index (χ0v) is 15.7. The molecule has 0 heterocycles. The maximum Gasteiger partial charge on any atom is 0.221 e. The van der Waals surface area contributed by atoms with Crippen LogP contribution in [0.2, 0.25) is 0 Å². The third-order valence-electron chi connectivity index (χ3n) is 3.68. The largest absolute Gasteiger partial charge is 0.496 e. The molecule has 7 heteroatoms. The van der Waals surface area contributed by atoms with E-state index in [1.807, 2.05) is 38.1 Å². The van der Waals surface area contributed by atoms with Crippen molar-refractivity contribution in [1.29, 1.82) is 0 Å². The van der Waals surface area contributed by atoms with Gasteiger partial charge in [0.05, 0.1) is 13.4 Å². The van der Waals surface area contributed by atoms with E-state index < -0.39 is 10.0 Å². The van der Waals surface area contributed by atoms with E-state index in [1.165, 1.54) is 10.6 Å². The highest BCUT2D eigenvalue weighted by molar-refractivity contribution is 7.88. The van der Waals surface area contributed by atoms with Crippen molar-refractivity contribution < 1.29 is 17.9 Å². The molecule has 0 atom stereocenters. The van der Waals surface area contributed by atoms with Crippen LogP contribution in [0.4, 0.5) is 0 Å². The summed E-state index contributed by atoms with van der Waals surface area (Å²) in [6.45, 7) is 5.08. The molecule has 0 bridgehead atoms. The number of hydrogen-bond acceptors (Lipinski definition) is 4. The topological polar surface area (TPSA) is 75.7 Å². The quantitative estimate of drug-likeness (QED) is 0.696. The fourth-order valence-corrected chi connectivity index (χ4v) is 3.06. The van der Waals surface area contributed by atoms with Crippen molar-refractivity contribution in [2.75, 3.05) is 26.5 Å². The van der Waals surface area contributed by atoms with Crippen LogP contribution in [0.1, 0.15) is 32.3 Å². The average Bonchev–Trinajstić information content (AvgIpc) is 2.51. The summed E-state index contributed by atoms with van der Waals surface area (Å²) in [7, 11) is -1.72. The molecule has 0 aliphatic heterocycles. The van der Waals surface area contributed by atoms with Crippen LogP contribution in [0.3, 0.4) is 0 Å². The Morgan fingerprint density at radius 1 is 1.25 bits per heavy atom. The molecule has 1 aromatic rings. The molecule has 1 rings (SSSR count). The smallest absolute Gasteiger partial charge is 0.221 e. The highest BCUT2D eigenvalue weighted by Gasteiger charge is 2.18. The maximum atomic E-state index is 12.0. The molecule has 0 fully saturated rings. The monoisotopic (exact) mass is 356 g/mol. The van der Waals surface area contributed by atoms with E-state index in [4.69, 9.17) is 4.74 Å². The number of para-hydroxylation sites is 1. The van der Waals surface area contributed by atoms with Gasteiger partial charge in [-0.3, -0.25) is 4.79 Å². The van der Waals surface area contributed by atoms with Crippen LogP contribution in [0.25, 0.3) is 0 Å². The van der Waals surface area contributed by atoms with Crippen molar-refractivity contribution in [3.8, 4) is 5.75 Å². The standard InChI is InChI=1S/C17H28N2O4S/c1-14(2)9-11-19(24(4,21)22)12-10-17(20)18-13-15-7-5-6-8-16(15)23-3/h5-8,14H,9-13H2,1-4H3,(H,18,20). The SMILES string of the molecule is COc1ccccc1CNC(=O)CCN(CCC(C)C)S(C)(=O)=O. The molecule has 0 spiro atoms. The van der Waals surface area contributed by atoms with Crippen LogP contribution in [-0.2, 0) is 21.4 Å². The second-order valence-electron chi connectivity index (χ2n) is 6.18. The summed E-state index contributed by atoms with van der Waals surface area (Å²) < 4.78 is 30.2. The summed E-state index contributed by atoms with van der Waals surface area (Å²) in [5, 5.41) is 2.80. The molecular formula is C17H28N2O4S. The minimum absolute atomic E-state index is 0.139. The Kier molecular flexibility index (Phi) is 8.21. The van der Waals surface area contributed by atoms with Crippen molar-refractivity contribution in [3.05, 3.63) is 29.8 Å². The van der Waals surface area contributed by atoms with Crippen LogP contribution in [-0.4, -0.2) is 45.1 Å². The van der Waals surface area contributed by atoms with E-state index in [0.717, 1.165) is 12.0 Å². The Morgan fingerprint density at radius 2 is 1.92 bits per heavy atom. The van der Waals surface area contributed by atoms with Gasteiger partial charge in [-0.2, -0.15) is 0 Å². The van der Waals surface area contributed by atoms with Crippen molar-refractivity contribution >= 4 is 15.9 Å². The summed E-state index contributed by atoms with van der Waals surface area (Å²) in [4.78, 5) is 12.0. The molecule has 1 aromatic carbocycles. The number of sulfonamides is 1. The van der Waals surface area contributed by atoms with Crippen LogP contribution >= 0.6 is 0 Å². The van der Waals surface area contributed by atoms with E-state index >= 15 is 0 Å². The van der Waals surface area contributed by atoms with E-state index in [1.54, 1.807) is 7.11 Å². The fourth-order valence-electron chi connectivity index (χ4n) is 2.20. The van der Waals surface area contributed by atoms with Gasteiger partial charge in [0.15, 0.2) is 0 Å². The number of rotatable bonds is 10. The number of benzene rings is 1. The maximum absolute atomic E-state index is 12.0. The lowest BCUT2D eigenvalue weighted by Crippen LogP contribution is -2.35. The molecule has 6 nitrogen and oxygen atoms in total. The first-order chi connectivity index (χ1) is 11.2. The van der Waals surface area contributed by atoms with Gasteiger partial charge in [-0.1, -0.05) is 32.0 Å². The number of hydrogen-bond donors (Lipinski definition) is 1. The second-order valence-corrected chi connectivity index (χ2v) is 8.17. The van der Waals surface area contributed by atoms with Gasteiger partial charge in [-0.25, -0.2) is 12.7 Å². The number of amides is 1. The van der Waals surface area contributed by atoms with Crippen molar-refractivity contribution in [2.45, 2.75) is 33.2 Å². The molecule has 0 aliphatic carbocycles. The summed E-state index contributed by atoms with van der Waals surface area (Å²) in [5.41, 5.74) is 0.883. The highest BCUT2D eigenvalue weighted by atomic mass is 32.2. The normalized spacial score (nSPS) is 11.8. The number of ether oxygens (including phenoxy) is 1. The summed E-state index contributed by atoms with van der Waals surface area (Å²) in [6.07, 6.45) is 2.09. The van der Waals surface area contributed by atoms with Crippen LogP contribution in [0.5, 0.6) is 5.75 Å². The molecule has 0 aromatic heterocycles. The number of nitrogens with one attached hydrogen (secondary N) is 1. The predicted octanol–water partition coefficient (Wildman–Crippen LogP) is 2.01. The van der Waals surface area contributed by atoms with E-state index in [9.17, 15) is 13.2 Å². The third-order valence-corrected chi connectivity index (χ3v) is 4.98. The Balaban J connectivity index is 2.51. The third kappa shape index (κ3) is 7.31. The van der Waals surface area contributed by atoms with Crippen molar-refractivity contribution in [2.24, 2.45) is 5.92 Å². The Hall–Kier alpha value is -1.60. The van der Waals surface area contributed by atoms with Crippen LogP contribution < -0.4 is 10.1 Å². The molecule has 1 amide bonds. The zero-order chi connectivity index (χ0) is 18.2. The lowest BCUT2D eigenvalue weighted by Gasteiger charge is -2.20. The highest BCUT2D eigenvalue weighted by Crippen LogP contribution is 2.16. The molecular weight excluding hydrogens is 328 g/mol. The van der Waals surface area contributed by atoms with Gasteiger partial charge in [-0.15, -0.1) is 0 Å².